The molecule has 9 aromatic carbocycles. The molecule has 0 N–H and O–H groups in total. The lowest BCUT2D eigenvalue weighted by Gasteiger charge is -2.34. The number of para-hydroxylation sites is 3. The molecule has 3 aromatic heterocycles. The Hall–Kier alpha value is -7.66. The largest absolute Gasteiger partial charge is 0.439 e. The Bertz CT molecular complexity index is 3420. The highest BCUT2D eigenvalue weighted by Gasteiger charge is 2.41. The van der Waals surface area contributed by atoms with Crippen molar-refractivity contribution in [1.29, 1.82) is 0 Å². The maximum absolute atomic E-state index is 6.74. The van der Waals surface area contributed by atoms with Crippen molar-refractivity contribution in [3.8, 4) is 22.5 Å². The van der Waals surface area contributed by atoms with E-state index in [-0.39, 0.29) is 0 Å². The summed E-state index contributed by atoms with van der Waals surface area (Å²) >= 11 is 0. The molecule has 12 aromatic rings. The quantitative estimate of drug-likeness (QED) is 0.117. The Morgan fingerprint density at radius 3 is 1.45 bits per heavy atom. The highest BCUT2D eigenvalue weighted by atomic mass is 28.3. The molecule has 0 spiro atoms. The molecule has 0 amide bonds. The van der Waals surface area contributed by atoms with Crippen molar-refractivity contribution in [2.45, 2.75) is 0 Å². The van der Waals surface area contributed by atoms with Gasteiger partial charge < -0.3 is 8.98 Å². The van der Waals surface area contributed by atoms with Crippen LogP contribution in [0.25, 0.3) is 77.3 Å². The van der Waals surface area contributed by atoms with Gasteiger partial charge in [-0.2, -0.15) is 0 Å². The molecule has 0 saturated heterocycles. The van der Waals surface area contributed by atoms with E-state index in [2.05, 4.69) is 240 Å². The van der Waals surface area contributed by atoms with Gasteiger partial charge in [0.1, 0.15) is 5.58 Å². The molecule has 12 rings (SSSR count). The highest BCUT2D eigenvalue weighted by Crippen LogP contribution is 2.40. The second kappa shape index (κ2) is 13.7. The molecule has 0 radical (unpaired) electrons. The monoisotopic (exact) mass is 782 g/mol. The summed E-state index contributed by atoms with van der Waals surface area (Å²) in [6.45, 7) is 0. The smallest absolute Gasteiger partial charge is 0.213 e. The summed E-state index contributed by atoms with van der Waals surface area (Å²) in [6, 6.07) is 84.3. The zero-order valence-corrected chi connectivity index (χ0v) is 33.7. The fourth-order valence-corrected chi connectivity index (χ4v) is 14.6. The lowest BCUT2D eigenvalue weighted by molar-refractivity contribution is 0.645. The van der Waals surface area contributed by atoms with Gasteiger partial charge in [0, 0.05) is 32.9 Å². The number of hydrogen-bond donors (Lipinski definition) is 0. The van der Waals surface area contributed by atoms with E-state index in [4.69, 9.17) is 4.42 Å². The van der Waals surface area contributed by atoms with Crippen molar-refractivity contribution in [2.24, 2.45) is 0 Å². The van der Waals surface area contributed by atoms with Crippen molar-refractivity contribution in [3.63, 3.8) is 0 Å². The molecule has 0 saturated carbocycles. The highest BCUT2D eigenvalue weighted by molar-refractivity contribution is 7.20. The number of nitrogens with zero attached hydrogens (tertiary/aromatic N) is 2. The number of furan rings is 1. The Kier molecular flexibility index (Phi) is 7.87. The summed E-state index contributed by atoms with van der Waals surface area (Å²) < 4.78 is 11.4. The lowest BCUT2D eigenvalue weighted by atomic mass is 10.0. The standard InChI is InChI=1S/C56H38N2OSi/c1-5-17-41(18-6-1)58-52-28-16-14-26-48(52)55-49-35-31-40(37-54(49)59-56(55)58)39-29-32-42(33-30-39)57-51-27-15-13-25-47(51)50-38-46(34-36-53(50)57)60(43-19-7-2-8-20-43,44-21-9-3-10-22-44)45-23-11-4-12-24-45/h1-38H. The van der Waals surface area contributed by atoms with Gasteiger partial charge in [-0.1, -0.05) is 176 Å². The number of benzene rings is 9. The van der Waals surface area contributed by atoms with Crippen LogP contribution in [0.3, 0.4) is 0 Å². The van der Waals surface area contributed by atoms with Crippen molar-refractivity contribution < 1.29 is 4.42 Å². The fraction of sp³-hybridized carbons (Fsp3) is 0. The van der Waals surface area contributed by atoms with Crippen LogP contribution >= 0.6 is 0 Å². The summed E-state index contributed by atoms with van der Waals surface area (Å²) in [4.78, 5) is 0. The molecule has 3 heterocycles. The van der Waals surface area contributed by atoms with Crippen LogP contribution in [0.4, 0.5) is 0 Å². The van der Waals surface area contributed by atoms with Crippen LogP contribution in [0.5, 0.6) is 0 Å². The van der Waals surface area contributed by atoms with Crippen molar-refractivity contribution in [1.82, 2.24) is 9.13 Å². The van der Waals surface area contributed by atoms with Gasteiger partial charge >= 0.3 is 0 Å². The third-order valence-corrected chi connectivity index (χ3v) is 17.3. The Morgan fingerprint density at radius 1 is 0.317 bits per heavy atom. The normalized spacial score (nSPS) is 12.0. The van der Waals surface area contributed by atoms with E-state index in [1.807, 2.05) is 0 Å². The van der Waals surface area contributed by atoms with E-state index in [1.165, 1.54) is 47.9 Å². The molecule has 4 heteroatoms. The molecular formula is C56H38N2OSi. The van der Waals surface area contributed by atoms with Crippen LogP contribution in [-0.2, 0) is 0 Å². The molecule has 0 fully saturated rings. The molecular weight excluding hydrogens is 745 g/mol. The molecule has 0 unspecified atom stereocenters. The minimum atomic E-state index is -2.70. The first-order chi connectivity index (χ1) is 29.8. The Labute approximate surface area is 348 Å². The topological polar surface area (TPSA) is 23.0 Å². The van der Waals surface area contributed by atoms with Crippen LogP contribution < -0.4 is 20.7 Å². The molecule has 0 aliphatic carbocycles. The van der Waals surface area contributed by atoms with Crippen molar-refractivity contribution in [3.05, 3.63) is 231 Å². The van der Waals surface area contributed by atoms with Crippen LogP contribution in [0.15, 0.2) is 235 Å². The maximum atomic E-state index is 6.74. The van der Waals surface area contributed by atoms with Gasteiger partial charge in [-0.15, -0.1) is 0 Å². The molecule has 282 valence electrons. The summed E-state index contributed by atoms with van der Waals surface area (Å²) in [5, 5.41) is 11.5. The van der Waals surface area contributed by atoms with E-state index in [9.17, 15) is 0 Å². The van der Waals surface area contributed by atoms with Crippen molar-refractivity contribution in [2.75, 3.05) is 0 Å². The van der Waals surface area contributed by atoms with Gasteiger partial charge in [0.15, 0.2) is 8.07 Å². The zero-order chi connectivity index (χ0) is 39.6. The third kappa shape index (κ3) is 5.14. The molecule has 0 aliphatic rings. The Balaban J connectivity index is 0.988. The van der Waals surface area contributed by atoms with E-state index in [0.717, 1.165) is 50.1 Å². The first-order valence-electron chi connectivity index (χ1n) is 20.6. The van der Waals surface area contributed by atoms with Gasteiger partial charge in [0.25, 0.3) is 0 Å². The van der Waals surface area contributed by atoms with Crippen LogP contribution in [-0.4, -0.2) is 17.2 Å². The average Bonchev–Trinajstić information content (AvgIpc) is 3.97. The SMILES string of the molecule is c1ccc(-n2c3ccccc3c3c4ccc(-c5ccc(-n6c7ccccc7c7cc([Si](c8ccccc8)(c8ccccc8)c8ccccc8)ccc76)cc5)cc4oc32)cc1. The van der Waals surface area contributed by atoms with Crippen LogP contribution in [0.2, 0.25) is 0 Å². The number of aromatic nitrogens is 2. The predicted molar refractivity (Wildman–Crippen MR) is 254 cm³/mol. The molecule has 3 nitrogen and oxygen atoms in total. The van der Waals surface area contributed by atoms with Gasteiger partial charge in [-0.25, -0.2) is 0 Å². The number of rotatable bonds is 7. The minimum Gasteiger partial charge on any atom is -0.439 e. The molecule has 0 atom stereocenters. The molecule has 0 bridgehead atoms. The first-order valence-corrected chi connectivity index (χ1v) is 22.6. The summed E-state index contributed by atoms with van der Waals surface area (Å²) in [6.07, 6.45) is 0. The van der Waals surface area contributed by atoms with Crippen molar-refractivity contribution >= 4 is 83.6 Å². The second-order valence-electron chi connectivity index (χ2n) is 15.7. The van der Waals surface area contributed by atoms with Gasteiger partial charge in [0.05, 0.1) is 21.9 Å². The average molecular weight is 783 g/mol. The van der Waals surface area contributed by atoms with Gasteiger partial charge in [0.2, 0.25) is 5.71 Å². The predicted octanol–water partition coefficient (Wildman–Crippen LogP) is 11.7. The molecule has 60 heavy (non-hydrogen) atoms. The maximum Gasteiger partial charge on any atom is 0.213 e. The van der Waals surface area contributed by atoms with E-state index >= 15 is 0 Å². The van der Waals surface area contributed by atoms with E-state index < -0.39 is 8.07 Å². The van der Waals surface area contributed by atoms with Gasteiger partial charge in [-0.3, -0.25) is 4.57 Å². The van der Waals surface area contributed by atoms with Crippen LogP contribution in [0.1, 0.15) is 0 Å². The molecule has 0 aliphatic heterocycles. The zero-order valence-electron chi connectivity index (χ0n) is 32.7. The Morgan fingerprint density at radius 2 is 0.817 bits per heavy atom. The summed E-state index contributed by atoms with van der Waals surface area (Å²) in [7, 11) is -2.70. The third-order valence-electron chi connectivity index (χ3n) is 12.5. The number of fused-ring (bicyclic) bond motifs is 8. The summed E-state index contributed by atoms with van der Waals surface area (Å²) in [5.74, 6) is 0. The van der Waals surface area contributed by atoms with E-state index in [1.54, 1.807) is 0 Å². The fourth-order valence-electron chi connectivity index (χ4n) is 9.86. The van der Waals surface area contributed by atoms with Crippen LogP contribution in [0, 0.1) is 0 Å². The second-order valence-corrected chi connectivity index (χ2v) is 19.5. The number of hydrogen-bond acceptors (Lipinski definition) is 1. The lowest BCUT2D eigenvalue weighted by Crippen LogP contribution is -2.74. The van der Waals surface area contributed by atoms with Gasteiger partial charge in [-0.05, 0) is 86.5 Å². The van der Waals surface area contributed by atoms with E-state index in [0.29, 0.717) is 0 Å². The summed E-state index contributed by atoms with van der Waals surface area (Å²) in [5.41, 5.74) is 9.77. The first kappa shape index (κ1) is 34.4. The minimum absolute atomic E-state index is 0.871.